The van der Waals surface area contributed by atoms with Crippen molar-refractivity contribution in [2.75, 3.05) is 26.5 Å². The normalized spacial score (nSPS) is 13.2. The Labute approximate surface area is 197 Å². The number of nitrogens with one attached hydrogen (secondary N) is 3. The van der Waals surface area contributed by atoms with Gasteiger partial charge in [0.25, 0.3) is 0 Å². The highest BCUT2D eigenvalue weighted by atomic mass is 32.2. The van der Waals surface area contributed by atoms with Crippen molar-refractivity contribution in [1.82, 2.24) is 9.97 Å². The Balaban J connectivity index is 1.61. The number of carbonyl (C=O) groups is 1. The summed E-state index contributed by atoms with van der Waals surface area (Å²) in [6.07, 6.45) is -2.80. The molecule has 4 rings (SSSR count). The van der Waals surface area contributed by atoms with E-state index in [4.69, 9.17) is 0 Å². The minimum atomic E-state index is -4.95. The van der Waals surface area contributed by atoms with E-state index in [1.807, 2.05) is 0 Å². The Morgan fingerprint density at radius 1 is 1.11 bits per heavy atom. The molecular weight excluding hydrogens is 492 g/mol. The highest BCUT2D eigenvalue weighted by Gasteiger charge is 2.39. The molecule has 1 amide bonds. The smallest absolute Gasteiger partial charge is 0.326 e. The highest BCUT2D eigenvalue weighted by Crippen LogP contribution is 2.32. The second-order valence-electron chi connectivity index (χ2n) is 7.69. The molecule has 2 aromatic carbocycles. The van der Waals surface area contributed by atoms with Crippen molar-refractivity contribution in [2.45, 2.75) is 19.3 Å². The third kappa shape index (κ3) is 5.95. The van der Waals surface area contributed by atoms with E-state index in [1.165, 1.54) is 0 Å². The third-order valence-corrected chi connectivity index (χ3v) is 5.49. The Morgan fingerprint density at radius 3 is 2.57 bits per heavy atom. The number of sulfonamides is 1. The Kier molecular flexibility index (Phi) is 6.23. The van der Waals surface area contributed by atoms with Gasteiger partial charge in [0.1, 0.15) is 11.6 Å². The molecular formula is C21H18F4N6O3S. The molecule has 0 unspecified atom stereocenters. The first-order valence-electron chi connectivity index (χ1n) is 10.0. The van der Waals surface area contributed by atoms with Crippen LogP contribution < -0.4 is 20.3 Å². The fourth-order valence-electron chi connectivity index (χ4n) is 3.44. The van der Waals surface area contributed by atoms with E-state index < -0.39 is 40.1 Å². The van der Waals surface area contributed by atoms with Crippen LogP contribution in [-0.4, -0.2) is 36.8 Å². The summed E-state index contributed by atoms with van der Waals surface area (Å²) >= 11 is 0. The second kappa shape index (κ2) is 9.02. The average Bonchev–Trinajstić information content (AvgIpc) is 3.11. The second-order valence-corrected chi connectivity index (χ2v) is 9.44. The summed E-state index contributed by atoms with van der Waals surface area (Å²) in [5, 5.41) is 5.47. The zero-order chi connectivity index (χ0) is 25.4. The van der Waals surface area contributed by atoms with Crippen molar-refractivity contribution in [2.24, 2.45) is 0 Å². The number of halogens is 4. The molecule has 0 radical (unpaired) electrons. The monoisotopic (exact) mass is 510 g/mol. The molecule has 0 bridgehead atoms. The minimum absolute atomic E-state index is 0.0827. The molecule has 3 aromatic rings. The third-order valence-electron chi connectivity index (χ3n) is 4.89. The van der Waals surface area contributed by atoms with Crippen LogP contribution in [0.1, 0.15) is 11.1 Å². The van der Waals surface area contributed by atoms with Crippen LogP contribution in [-0.2, 0) is 27.8 Å². The number of hydrogen-bond acceptors (Lipinski definition) is 7. The summed E-state index contributed by atoms with van der Waals surface area (Å²) in [6, 6.07) is 8.88. The molecule has 184 valence electrons. The molecule has 1 aromatic heterocycles. The van der Waals surface area contributed by atoms with Crippen LogP contribution in [0.15, 0.2) is 48.7 Å². The highest BCUT2D eigenvalue weighted by molar-refractivity contribution is 7.92. The van der Waals surface area contributed by atoms with Gasteiger partial charge in [-0.15, -0.1) is 0 Å². The molecule has 0 saturated carbocycles. The molecule has 2 heterocycles. The van der Waals surface area contributed by atoms with Crippen molar-refractivity contribution in [3.63, 3.8) is 0 Å². The maximum absolute atomic E-state index is 14.3. The summed E-state index contributed by atoms with van der Waals surface area (Å²) < 4.78 is 81.0. The number of aromatic nitrogens is 2. The Morgan fingerprint density at radius 2 is 1.86 bits per heavy atom. The predicted octanol–water partition coefficient (Wildman–Crippen LogP) is 3.75. The largest absolute Gasteiger partial charge is 0.486 e. The molecule has 0 atom stereocenters. The minimum Gasteiger partial charge on any atom is -0.326 e. The zero-order valence-electron chi connectivity index (χ0n) is 18.0. The maximum Gasteiger partial charge on any atom is 0.486 e. The van der Waals surface area contributed by atoms with Crippen LogP contribution >= 0.6 is 0 Å². The van der Waals surface area contributed by atoms with Crippen molar-refractivity contribution in [1.29, 1.82) is 0 Å². The lowest BCUT2D eigenvalue weighted by Crippen LogP contribution is -2.38. The van der Waals surface area contributed by atoms with Crippen LogP contribution in [0.2, 0.25) is 0 Å². The molecule has 9 nitrogen and oxygen atoms in total. The van der Waals surface area contributed by atoms with Gasteiger partial charge in [-0.3, -0.25) is 14.4 Å². The van der Waals surface area contributed by atoms with Crippen LogP contribution in [0.25, 0.3) is 0 Å². The lowest BCUT2D eigenvalue weighted by atomic mass is 10.1. The van der Waals surface area contributed by atoms with Crippen molar-refractivity contribution < 1.29 is 30.8 Å². The SMILES string of the molecule is CS(=O)(=O)Nc1ccc(F)c(CN(c2ccnc(Nc3ccc4c(c3)CC(=O)N4)n2)C(F)(F)F)c1. The fraction of sp³-hybridized carbons (Fsp3) is 0.190. The number of nitrogens with zero attached hydrogens (tertiary/aromatic N) is 3. The molecule has 0 fully saturated rings. The number of hydrogen-bond donors (Lipinski definition) is 3. The topological polar surface area (TPSA) is 116 Å². The van der Waals surface area contributed by atoms with Gasteiger partial charge >= 0.3 is 6.30 Å². The summed E-state index contributed by atoms with van der Waals surface area (Å²) in [5.41, 5.74) is 1.33. The van der Waals surface area contributed by atoms with Crippen LogP contribution in [0, 0.1) is 5.82 Å². The van der Waals surface area contributed by atoms with Gasteiger partial charge < -0.3 is 10.6 Å². The van der Waals surface area contributed by atoms with E-state index in [2.05, 4.69) is 25.3 Å². The number of anilines is 5. The molecule has 1 aliphatic heterocycles. The molecule has 14 heteroatoms. The molecule has 0 saturated heterocycles. The van der Waals surface area contributed by atoms with E-state index >= 15 is 0 Å². The van der Waals surface area contributed by atoms with Crippen molar-refractivity contribution >= 4 is 44.8 Å². The van der Waals surface area contributed by atoms with Gasteiger partial charge in [0, 0.05) is 28.8 Å². The number of rotatable bonds is 7. The van der Waals surface area contributed by atoms with Crippen LogP contribution in [0.3, 0.4) is 0 Å². The fourth-order valence-corrected chi connectivity index (χ4v) is 4.00. The first-order valence-corrected chi connectivity index (χ1v) is 11.9. The summed E-state index contributed by atoms with van der Waals surface area (Å²) in [4.78, 5) is 19.3. The van der Waals surface area contributed by atoms with Crippen LogP contribution in [0.5, 0.6) is 0 Å². The molecule has 35 heavy (non-hydrogen) atoms. The molecule has 0 aliphatic carbocycles. The summed E-state index contributed by atoms with van der Waals surface area (Å²) in [5.74, 6) is -1.83. The van der Waals surface area contributed by atoms with E-state index in [0.717, 1.165) is 36.7 Å². The molecule has 0 spiro atoms. The number of alkyl halides is 3. The summed E-state index contributed by atoms with van der Waals surface area (Å²) in [7, 11) is -3.72. The first kappa shape index (κ1) is 24.2. The van der Waals surface area contributed by atoms with Gasteiger partial charge in [0.2, 0.25) is 21.9 Å². The Bertz CT molecular complexity index is 1400. The number of fused-ring (bicyclic) bond motifs is 1. The van der Waals surface area contributed by atoms with Gasteiger partial charge in [0.15, 0.2) is 0 Å². The maximum atomic E-state index is 14.3. The van der Waals surface area contributed by atoms with E-state index in [-0.39, 0.29) is 28.9 Å². The molecule has 1 aliphatic rings. The predicted molar refractivity (Wildman–Crippen MR) is 121 cm³/mol. The standard InChI is InChI=1S/C21H18F4N6O3S/c1-35(33,34)30-15-2-4-16(22)13(9-15)11-31(21(23,24)25)18-6-7-26-20(29-18)27-14-3-5-17-12(8-14)10-19(32)28-17/h2-9,30H,10-11H2,1H3,(H,28,32)(H,26,27,29). The van der Waals surface area contributed by atoms with Gasteiger partial charge in [-0.25, -0.2) is 17.8 Å². The van der Waals surface area contributed by atoms with E-state index in [9.17, 15) is 30.8 Å². The number of carbonyl (C=O) groups excluding carboxylic acids is 1. The van der Waals surface area contributed by atoms with Crippen LogP contribution in [0.4, 0.5) is 46.4 Å². The molecule has 3 N–H and O–H groups in total. The van der Waals surface area contributed by atoms with Gasteiger partial charge in [-0.1, -0.05) is 0 Å². The quantitative estimate of drug-likeness (QED) is 0.328. The van der Waals surface area contributed by atoms with E-state index in [0.29, 0.717) is 16.9 Å². The first-order chi connectivity index (χ1) is 16.4. The van der Waals surface area contributed by atoms with Gasteiger partial charge in [0.05, 0.1) is 19.2 Å². The summed E-state index contributed by atoms with van der Waals surface area (Å²) in [6.45, 7) is -0.975. The van der Waals surface area contributed by atoms with Crippen molar-refractivity contribution in [3.05, 3.63) is 65.6 Å². The van der Waals surface area contributed by atoms with Gasteiger partial charge in [-0.2, -0.15) is 18.2 Å². The zero-order valence-corrected chi connectivity index (χ0v) is 18.8. The Hall–Kier alpha value is -3.94. The number of amides is 1. The number of benzene rings is 2. The van der Waals surface area contributed by atoms with Crippen molar-refractivity contribution in [3.8, 4) is 0 Å². The lowest BCUT2D eigenvalue weighted by molar-refractivity contribution is -0.131. The average molecular weight is 510 g/mol. The van der Waals surface area contributed by atoms with Gasteiger partial charge in [-0.05, 0) is 48.0 Å². The lowest BCUT2D eigenvalue weighted by Gasteiger charge is -2.26. The van der Waals surface area contributed by atoms with E-state index in [1.54, 1.807) is 18.2 Å².